The smallest absolute Gasteiger partial charge is 0.354 e. The van der Waals surface area contributed by atoms with Gasteiger partial charge < -0.3 is 9.84 Å². The summed E-state index contributed by atoms with van der Waals surface area (Å²) in [6.45, 7) is 2.01. The average molecular weight is 309 g/mol. The first-order valence-electron chi connectivity index (χ1n) is 5.89. The normalized spacial score (nSPS) is 10.3. The second-order valence-corrected chi connectivity index (χ2v) is 4.98. The quantitative estimate of drug-likeness (QED) is 0.641. The number of nitrogens with zero attached hydrogens (tertiary/aromatic N) is 3. The van der Waals surface area contributed by atoms with E-state index in [9.17, 15) is 14.9 Å². The van der Waals surface area contributed by atoms with E-state index in [0.29, 0.717) is 6.42 Å². The van der Waals surface area contributed by atoms with Crippen molar-refractivity contribution in [3.05, 3.63) is 44.0 Å². The first-order chi connectivity index (χ1) is 9.99. The molecule has 110 valence electrons. The maximum absolute atomic E-state index is 10.9. The molecule has 0 aliphatic heterocycles. The molecule has 2 rings (SSSR count). The van der Waals surface area contributed by atoms with Gasteiger partial charge in [0.25, 0.3) is 5.88 Å². The predicted molar refractivity (Wildman–Crippen MR) is 73.9 cm³/mol. The summed E-state index contributed by atoms with van der Waals surface area (Å²) in [5, 5.41) is 19.7. The van der Waals surface area contributed by atoms with Crippen molar-refractivity contribution in [3.63, 3.8) is 0 Å². The van der Waals surface area contributed by atoms with Crippen molar-refractivity contribution in [2.75, 3.05) is 6.61 Å². The highest BCUT2D eigenvalue weighted by atomic mass is 32.1. The highest BCUT2D eigenvalue weighted by Gasteiger charge is 2.20. The van der Waals surface area contributed by atoms with Crippen LogP contribution < -0.4 is 4.74 Å². The fourth-order valence-corrected chi connectivity index (χ4v) is 2.37. The Morgan fingerprint density at radius 2 is 2.29 bits per heavy atom. The molecule has 0 saturated heterocycles. The third kappa shape index (κ3) is 3.51. The molecule has 0 fully saturated rings. The third-order valence-corrected chi connectivity index (χ3v) is 3.66. The minimum absolute atomic E-state index is 0.153. The molecule has 9 heteroatoms. The molecular weight excluding hydrogens is 298 g/mol. The van der Waals surface area contributed by atoms with Gasteiger partial charge in [-0.05, 0) is 13.0 Å². The Kier molecular flexibility index (Phi) is 4.43. The van der Waals surface area contributed by atoms with Crippen LogP contribution in [0.4, 0.5) is 5.69 Å². The van der Waals surface area contributed by atoms with E-state index in [1.807, 2.05) is 6.92 Å². The van der Waals surface area contributed by atoms with Gasteiger partial charge in [-0.3, -0.25) is 10.1 Å². The van der Waals surface area contributed by atoms with Crippen LogP contribution in [0.3, 0.4) is 0 Å². The number of hydrogen-bond donors (Lipinski definition) is 1. The molecule has 2 aromatic rings. The summed E-state index contributed by atoms with van der Waals surface area (Å²) in [4.78, 5) is 29.8. The maximum atomic E-state index is 10.9. The van der Waals surface area contributed by atoms with Crippen LogP contribution in [-0.4, -0.2) is 32.6 Å². The number of nitro groups is 1. The minimum atomic E-state index is -1.27. The summed E-state index contributed by atoms with van der Waals surface area (Å²) < 4.78 is 5.28. The largest absolute Gasteiger partial charge is 0.477 e. The molecule has 0 unspecified atom stereocenters. The highest BCUT2D eigenvalue weighted by Crippen LogP contribution is 2.25. The number of aromatic carboxylic acids is 1. The predicted octanol–water partition coefficient (Wildman–Crippen LogP) is 2.07. The van der Waals surface area contributed by atoms with Gasteiger partial charge in [0.15, 0.2) is 5.69 Å². The molecule has 0 bridgehead atoms. The Hall–Kier alpha value is -2.55. The van der Waals surface area contributed by atoms with Crippen molar-refractivity contribution in [2.24, 2.45) is 0 Å². The number of thiazole rings is 1. The van der Waals surface area contributed by atoms with E-state index in [1.54, 1.807) is 5.51 Å². The van der Waals surface area contributed by atoms with Gasteiger partial charge >= 0.3 is 11.7 Å². The first kappa shape index (κ1) is 14.9. The molecule has 0 saturated carbocycles. The number of carbonyl (C=O) groups is 1. The first-order valence-corrected chi connectivity index (χ1v) is 6.77. The van der Waals surface area contributed by atoms with E-state index < -0.39 is 10.9 Å². The van der Waals surface area contributed by atoms with Crippen LogP contribution in [0.2, 0.25) is 0 Å². The molecule has 0 aliphatic carbocycles. The van der Waals surface area contributed by atoms with Crippen molar-refractivity contribution < 1.29 is 19.6 Å². The van der Waals surface area contributed by atoms with Crippen molar-refractivity contribution in [1.82, 2.24) is 9.97 Å². The van der Waals surface area contributed by atoms with Gasteiger partial charge in [0.2, 0.25) is 0 Å². The molecule has 2 heterocycles. The maximum Gasteiger partial charge on any atom is 0.354 e. The molecule has 0 radical (unpaired) electrons. The van der Waals surface area contributed by atoms with Crippen LogP contribution >= 0.6 is 11.3 Å². The zero-order chi connectivity index (χ0) is 15.4. The zero-order valence-electron chi connectivity index (χ0n) is 11.0. The standard InChI is InChI=1S/C12H11N3O5S/c1-7-10(21-6-13-7)4-5-20-11-9(15(18)19)3-2-8(14-11)12(16)17/h2-3,6H,4-5H2,1H3,(H,16,17). The topological polar surface area (TPSA) is 115 Å². The Morgan fingerprint density at radius 1 is 1.52 bits per heavy atom. The minimum Gasteiger partial charge on any atom is -0.477 e. The summed E-state index contributed by atoms with van der Waals surface area (Å²) in [7, 11) is 0. The second-order valence-electron chi connectivity index (χ2n) is 4.04. The molecule has 0 aliphatic rings. The van der Waals surface area contributed by atoms with Gasteiger partial charge in [0.1, 0.15) is 0 Å². The molecule has 21 heavy (non-hydrogen) atoms. The Morgan fingerprint density at radius 3 is 2.86 bits per heavy atom. The number of rotatable bonds is 6. The number of aromatic nitrogens is 2. The van der Waals surface area contributed by atoms with Crippen LogP contribution in [-0.2, 0) is 6.42 Å². The van der Waals surface area contributed by atoms with Gasteiger partial charge in [-0.15, -0.1) is 11.3 Å². The van der Waals surface area contributed by atoms with Gasteiger partial charge in [0.05, 0.1) is 22.7 Å². The summed E-state index contributed by atoms with van der Waals surface area (Å²) in [6.07, 6.45) is 0.520. The summed E-state index contributed by atoms with van der Waals surface area (Å²) in [5.41, 5.74) is 1.92. The van der Waals surface area contributed by atoms with Crippen LogP contribution in [0.25, 0.3) is 0 Å². The summed E-state index contributed by atoms with van der Waals surface area (Å²) in [6, 6.07) is 2.14. The Balaban J connectivity index is 2.13. The van der Waals surface area contributed by atoms with Crippen LogP contribution in [0.1, 0.15) is 21.1 Å². The fourth-order valence-electron chi connectivity index (χ4n) is 1.60. The van der Waals surface area contributed by atoms with Gasteiger partial charge in [-0.2, -0.15) is 0 Å². The van der Waals surface area contributed by atoms with Gasteiger partial charge in [-0.25, -0.2) is 14.8 Å². The van der Waals surface area contributed by atoms with Crippen molar-refractivity contribution in [1.29, 1.82) is 0 Å². The molecular formula is C12H11N3O5S. The molecule has 0 amide bonds. The number of carboxylic acid groups (broad SMARTS) is 1. The van der Waals surface area contributed by atoms with Crippen LogP contribution in [0, 0.1) is 17.0 Å². The summed E-state index contributed by atoms with van der Waals surface area (Å²) >= 11 is 1.46. The lowest BCUT2D eigenvalue weighted by Gasteiger charge is -2.06. The Labute approximate surface area is 123 Å². The fraction of sp³-hybridized carbons (Fsp3) is 0.250. The van der Waals surface area contributed by atoms with Crippen molar-refractivity contribution >= 4 is 23.0 Å². The molecule has 0 aromatic carbocycles. The lowest BCUT2D eigenvalue weighted by molar-refractivity contribution is -0.386. The van der Waals surface area contributed by atoms with E-state index in [-0.39, 0.29) is 23.9 Å². The average Bonchev–Trinajstić information content (AvgIpc) is 2.84. The van der Waals surface area contributed by atoms with Gasteiger partial charge in [0, 0.05) is 17.4 Å². The molecule has 1 N–H and O–H groups in total. The van der Waals surface area contributed by atoms with Crippen LogP contribution in [0.5, 0.6) is 5.88 Å². The second kappa shape index (κ2) is 6.27. The number of ether oxygens (including phenoxy) is 1. The van der Waals surface area contributed by atoms with E-state index >= 15 is 0 Å². The number of pyridine rings is 1. The number of carboxylic acids is 1. The highest BCUT2D eigenvalue weighted by molar-refractivity contribution is 7.09. The number of aryl methyl sites for hydroxylation is 1. The third-order valence-electron chi connectivity index (χ3n) is 2.67. The van der Waals surface area contributed by atoms with Crippen molar-refractivity contribution in [2.45, 2.75) is 13.3 Å². The lowest BCUT2D eigenvalue weighted by Crippen LogP contribution is -2.08. The Bertz CT molecular complexity index is 685. The van der Waals surface area contributed by atoms with E-state index in [1.165, 1.54) is 11.3 Å². The zero-order valence-corrected chi connectivity index (χ0v) is 11.8. The molecule has 0 spiro atoms. The van der Waals surface area contributed by atoms with E-state index in [4.69, 9.17) is 9.84 Å². The van der Waals surface area contributed by atoms with E-state index in [0.717, 1.165) is 22.7 Å². The molecule has 8 nitrogen and oxygen atoms in total. The molecule has 2 aromatic heterocycles. The van der Waals surface area contributed by atoms with Crippen LogP contribution in [0.15, 0.2) is 17.6 Å². The SMILES string of the molecule is Cc1ncsc1CCOc1nc(C(=O)O)ccc1[N+](=O)[O-]. The molecule has 0 atom stereocenters. The van der Waals surface area contributed by atoms with Gasteiger partial charge in [-0.1, -0.05) is 0 Å². The lowest BCUT2D eigenvalue weighted by atomic mass is 10.3. The van der Waals surface area contributed by atoms with Crippen molar-refractivity contribution in [3.8, 4) is 5.88 Å². The number of hydrogen-bond acceptors (Lipinski definition) is 7. The monoisotopic (exact) mass is 309 g/mol. The summed E-state index contributed by atoms with van der Waals surface area (Å²) in [5.74, 6) is -1.56. The van der Waals surface area contributed by atoms with E-state index in [2.05, 4.69) is 9.97 Å².